The second kappa shape index (κ2) is 5.65. The zero-order valence-electron chi connectivity index (χ0n) is 10.5. The van der Waals surface area contributed by atoms with E-state index in [-0.39, 0.29) is 9.80 Å². The van der Waals surface area contributed by atoms with Crippen molar-refractivity contribution < 1.29 is 12.8 Å². The summed E-state index contributed by atoms with van der Waals surface area (Å²) in [5, 5.41) is 9.10. The van der Waals surface area contributed by atoms with Gasteiger partial charge < -0.3 is 4.42 Å². The molecule has 4 nitrogen and oxygen atoms in total. The molecule has 0 amide bonds. The Morgan fingerprint density at radius 1 is 1.25 bits per heavy atom. The Kier molecular flexibility index (Phi) is 4.12. The van der Waals surface area contributed by atoms with E-state index < -0.39 is 9.84 Å². The number of nitrogens with zero attached hydrogens (tertiary/aromatic N) is 1. The van der Waals surface area contributed by atoms with Crippen LogP contribution in [0.5, 0.6) is 0 Å². The molecule has 0 atom stereocenters. The minimum Gasteiger partial charge on any atom is -0.462 e. The lowest BCUT2D eigenvalue weighted by atomic mass is 10.4. The highest BCUT2D eigenvalue weighted by Crippen LogP contribution is 2.23. The van der Waals surface area contributed by atoms with Gasteiger partial charge in [0.05, 0.1) is 4.90 Å². The third-order valence-corrected chi connectivity index (χ3v) is 4.77. The molecule has 2 aromatic rings. The van der Waals surface area contributed by atoms with E-state index in [9.17, 15) is 8.42 Å². The Labute approximate surface area is 125 Å². The molecule has 0 N–H and O–H groups in total. The first-order chi connectivity index (χ1) is 9.43. The van der Waals surface area contributed by atoms with Crippen molar-refractivity contribution in [3.05, 3.63) is 57.3 Å². The van der Waals surface area contributed by atoms with Crippen LogP contribution in [0, 0.1) is 18.3 Å². The Balaban J connectivity index is 2.48. The second-order valence-electron chi connectivity index (χ2n) is 4.03. The summed E-state index contributed by atoms with van der Waals surface area (Å²) >= 11 is 3.23. The summed E-state index contributed by atoms with van der Waals surface area (Å²) in [6.07, 6.45) is 1.23. The molecule has 0 bridgehead atoms. The van der Waals surface area contributed by atoms with Gasteiger partial charge >= 0.3 is 0 Å². The molecule has 1 aromatic carbocycles. The number of aryl methyl sites for hydroxylation is 1. The summed E-state index contributed by atoms with van der Waals surface area (Å²) in [6.45, 7) is 1.74. The van der Waals surface area contributed by atoms with Gasteiger partial charge in [0, 0.05) is 10.5 Å². The molecular formula is C14H10BrNO3S. The maximum atomic E-state index is 12.3. The van der Waals surface area contributed by atoms with Gasteiger partial charge in [0.15, 0.2) is 4.91 Å². The van der Waals surface area contributed by atoms with Crippen molar-refractivity contribution in [1.29, 1.82) is 5.26 Å². The summed E-state index contributed by atoms with van der Waals surface area (Å²) in [7, 11) is -3.84. The number of furan rings is 1. The number of rotatable bonds is 3. The van der Waals surface area contributed by atoms with Crippen molar-refractivity contribution in [2.75, 3.05) is 0 Å². The molecule has 0 aliphatic rings. The van der Waals surface area contributed by atoms with Gasteiger partial charge in [0.1, 0.15) is 17.6 Å². The fourth-order valence-electron chi connectivity index (χ4n) is 1.57. The molecular weight excluding hydrogens is 342 g/mol. The van der Waals surface area contributed by atoms with E-state index in [1.165, 1.54) is 18.2 Å². The van der Waals surface area contributed by atoms with E-state index >= 15 is 0 Å². The van der Waals surface area contributed by atoms with Crippen molar-refractivity contribution in [2.24, 2.45) is 0 Å². The normalized spacial score (nSPS) is 12.2. The number of hydrogen-bond donors (Lipinski definition) is 0. The molecule has 0 spiro atoms. The molecule has 0 fully saturated rings. The molecule has 0 aliphatic heterocycles. The van der Waals surface area contributed by atoms with Crippen molar-refractivity contribution >= 4 is 31.8 Å². The summed E-state index contributed by atoms with van der Waals surface area (Å²) in [4.78, 5) is -0.286. The predicted octanol–water partition coefficient (Wildman–Crippen LogP) is 3.69. The van der Waals surface area contributed by atoms with Crippen molar-refractivity contribution in [2.45, 2.75) is 11.8 Å². The Morgan fingerprint density at radius 3 is 2.40 bits per heavy atom. The van der Waals surface area contributed by atoms with Crippen LogP contribution in [0.3, 0.4) is 0 Å². The van der Waals surface area contributed by atoms with Crippen LogP contribution in [-0.4, -0.2) is 8.42 Å². The van der Waals surface area contributed by atoms with Crippen LogP contribution < -0.4 is 0 Å². The van der Waals surface area contributed by atoms with Gasteiger partial charge in [-0.15, -0.1) is 0 Å². The van der Waals surface area contributed by atoms with Gasteiger partial charge in [-0.1, -0.05) is 15.9 Å². The largest absolute Gasteiger partial charge is 0.462 e. The molecule has 0 unspecified atom stereocenters. The summed E-state index contributed by atoms with van der Waals surface area (Å²) < 4.78 is 30.7. The third-order valence-electron chi connectivity index (χ3n) is 2.56. The third kappa shape index (κ3) is 3.00. The minimum absolute atomic E-state index is 0.0665. The first-order valence-electron chi connectivity index (χ1n) is 5.62. The average Bonchev–Trinajstić information content (AvgIpc) is 2.82. The molecule has 102 valence electrons. The molecule has 0 aliphatic carbocycles. The standard InChI is InChI=1S/C14H10BrNO3S/c1-10-2-5-12(19-10)8-14(9-16)20(17,18)13-6-3-11(15)4-7-13/h2-8H,1H3/b14-8-. The highest BCUT2D eigenvalue weighted by atomic mass is 79.9. The summed E-state index contributed by atoms with van der Waals surface area (Å²) in [5.41, 5.74) is 0. The second-order valence-corrected chi connectivity index (χ2v) is 6.86. The van der Waals surface area contributed by atoms with E-state index in [0.29, 0.717) is 11.5 Å². The Bertz CT molecular complexity index is 796. The van der Waals surface area contributed by atoms with Crippen LogP contribution >= 0.6 is 15.9 Å². The maximum Gasteiger partial charge on any atom is 0.216 e. The molecule has 6 heteroatoms. The topological polar surface area (TPSA) is 71.1 Å². The van der Waals surface area contributed by atoms with Gasteiger partial charge in [0.25, 0.3) is 0 Å². The lowest BCUT2D eigenvalue weighted by molar-refractivity contribution is 0.525. The van der Waals surface area contributed by atoms with E-state index in [1.54, 1.807) is 37.3 Å². The molecule has 0 radical (unpaired) electrons. The Hall–Kier alpha value is -1.84. The number of sulfone groups is 1. The molecule has 20 heavy (non-hydrogen) atoms. The lowest BCUT2D eigenvalue weighted by Crippen LogP contribution is -2.03. The molecule has 0 saturated heterocycles. The van der Waals surface area contributed by atoms with Crippen molar-refractivity contribution in [1.82, 2.24) is 0 Å². The van der Waals surface area contributed by atoms with E-state index in [2.05, 4.69) is 15.9 Å². The number of nitriles is 1. The van der Waals surface area contributed by atoms with E-state index in [1.807, 2.05) is 0 Å². The van der Waals surface area contributed by atoms with Crippen LogP contribution in [0.15, 0.2) is 55.1 Å². The van der Waals surface area contributed by atoms with Gasteiger partial charge in [-0.2, -0.15) is 5.26 Å². The number of hydrogen-bond acceptors (Lipinski definition) is 4. The van der Waals surface area contributed by atoms with Gasteiger partial charge in [0.2, 0.25) is 9.84 Å². The number of halogens is 1. The zero-order chi connectivity index (χ0) is 14.8. The van der Waals surface area contributed by atoms with Crippen molar-refractivity contribution in [3.8, 4) is 6.07 Å². The lowest BCUT2D eigenvalue weighted by Gasteiger charge is -2.02. The van der Waals surface area contributed by atoms with Crippen molar-refractivity contribution in [3.63, 3.8) is 0 Å². The molecule has 1 aromatic heterocycles. The monoisotopic (exact) mass is 351 g/mol. The highest BCUT2D eigenvalue weighted by Gasteiger charge is 2.21. The number of allylic oxidation sites excluding steroid dienone is 1. The van der Waals surface area contributed by atoms with Crippen LogP contribution in [-0.2, 0) is 9.84 Å². The summed E-state index contributed by atoms with van der Waals surface area (Å²) in [6, 6.07) is 11.1. The SMILES string of the molecule is Cc1ccc(/C=C(/C#N)S(=O)(=O)c2ccc(Br)cc2)o1. The fourth-order valence-corrected chi connectivity index (χ4v) is 2.97. The first-order valence-corrected chi connectivity index (χ1v) is 7.90. The fraction of sp³-hybridized carbons (Fsp3) is 0.0714. The average molecular weight is 352 g/mol. The number of benzene rings is 1. The molecule has 1 heterocycles. The van der Waals surface area contributed by atoms with Crippen LogP contribution in [0.2, 0.25) is 0 Å². The smallest absolute Gasteiger partial charge is 0.216 e. The zero-order valence-corrected chi connectivity index (χ0v) is 12.9. The quantitative estimate of drug-likeness (QED) is 0.790. The van der Waals surface area contributed by atoms with Crippen LogP contribution in [0.4, 0.5) is 0 Å². The maximum absolute atomic E-state index is 12.3. The first kappa shape index (κ1) is 14.6. The minimum atomic E-state index is -3.84. The molecule has 2 rings (SSSR count). The van der Waals surface area contributed by atoms with Gasteiger partial charge in [-0.3, -0.25) is 0 Å². The van der Waals surface area contributed by atoms with E-state index in [4.69, 9.17) is 9.68 Å². The van der Waals surface area contributed by atoms with Crippen LogP contribution in [0.1, 0.15) is 11.5 Å². The van der Waals surface area contributed by atoms with Gasteiger partial charge in [-0.05, 0) is 43.3 Å². The summed E-state index contributed by atoms with van der Waals surface area (Å²) in [5.74, 6) is 0.981. The van der Waals surface area contributed by atoms with Crippen LogP contribution in [0.25, 0.3) is 6.08 Å². The van der Waals surface area contributed by atoms with Gasteiger partial charge in [-0.25, -0.2) is 8.42 Å². The van der Waals surface area contributed by atoms with E-state index in [0.717, 1.165) is 4.47 Å². The molecule has 0 saturated carbocycles. The highest BCUT2D eigenvalue weighted by molar-refractivity contribution is 9.10. The Morgan fingerprint density at radius 2 is 1.90 bits per heavy atom. The predicted molar refractivity (Wildman–Crippen MR) is 78.4 cm³/mol.